The van der Waals surface area contributed by atoms with Gasteiger partial charge in [0.25, 0.3) is 0 Å². The molecule has 4 heteroatoms. The molecule has 120 valence electrons. The maximum atomic E-state index is 5.51. The van der Waals surface area contributed by atoms with Crippen molar-refractivity contribution in [2.45, 2.75) is 45.7 Å². The lowest BCUT2D eigenvalue weighted by molar-refractivity contribution is 0.0941. The van der Waals surface area contributed by atoms with E-state index >= 15 is 0 Å². The van der Waals surface area contributed by atoms with Gasteiger partial charge in [-0.2, -0.15) is 0 Å². The molecule has 1 unspecified atom stereocenters. The quantitative estimate of drug-likeness (QED) is 0.768. The monoisotopic (exact) mass is 356 g/mol. The van der Waals surface area contributed by atoms with E-state index in [-0.39, 0.29) is 5.54 Å². The zero-order valence-electron chi connectivity index (χ0n) is 14.2. The van der Waals surface area contributed by atoms with E-state index in [2.05, 4.69) is 59.9 Å². The maximum Gasteiger partial charge on any atom is 0.122 e. The molecule has 0 heterocycles. The van der Waals surface area contributed by atoms with Gasteiger partial charge in [0.05, 0.1) is 7.11 Å². The standard InChI is InChI=1S/C17H29BrN2O/c1-7-20(8-2)17(3,4)16(19-5)12-13-11-14(18)9-10-15(13)21-6/h9-11,16,19H,7-8,12H2,1-6H3. The van der Waals surface area contributed by atoms with Crippen molar-refractivity contribution in [1.82, 2.24) is 10.2 Å². The first kappa shape index (κ1) is 18.5. The second kappa shape index (κ2) is 8.16. The third-order valence-electron chi connectivity index (χ3n) is 4.45. The summed E-state index contributed by atoms with van der Waals surface area (Å²) in [6, 6.07) is 6.55. The van der Waals surface area contributed by atoms with Gasteiger partial charge >= 0.3 is 0 Å². The molecule has 0 bridgehead atoms. The van der Waals surface area contributed by atoms with Crippen LogP contribution in [0.15, 0.2) is 22.7 Å². The Hall–Kier alpha value is -0.580. The largest absolute Gasteiger partial charge is 0.496 e. The third-order valence-corrected chi connectivity index (χ3v) is 4.94. The van der Waals surface area contributed by atoms with Crippen molar-refractivity contribution in [1.29, 1.82) is 0 Å². The van der Waals surface area contributed by atoms with Crippen LogP contribution < -0.4 is 10.1 Å². The molecule has 3 nitrogen and oxygen atoms in total. The fourth-order valence-electron chi connectivity index (χ4n) is 3.09. The fraction of sp³-hybridized carbons (Fsp3) is 0.647. The van der Waals surface area contributed by atoms with Crippen LogP contribution in [-0.4, -0.2) is 43.7 Å². The Morgan fingerprint density at radius 3 is 2.38 bits per heavy atom. The van der Waals surface area contributed by atoms with Crippen molar-refractivity contribution in [2.24, 2.45) is 0 Å². The van der Waals surface area contributed by atoms with Crippen LogP contribution in [0, 0.1) is 0 Å². The number of rotatable bonds is 8. The molecular weight excluding hydrogens is 328 g/mol. The van der Waals surface area contributed by atoms with E-state index in [9.17, 15) is 0 Å². The number of hydrogen-bond donors (Lipinski definition) is 1. The highest BCUT2D eigenvalue weighted by Crippen LogP contribution is 2.28. The molecule has 0 aliphatic heterocycles. The van der Waals surface area contributed by atoms with Gasteiger partial charge in [0.15, 0.2) is 0 Å². The number of benzene rings is 1. The Labute approximate surface area is 138 Å². The summed E-state index contributed by atoms with van der Waals surface area (Å²) < 4.78 is 6.60. The molecule has 0 aliphatic rings. The normalized spacial score (nSPS) is 13.5. The molecule has 1 atom stereocenters. The van der Waals surface area contributed by atoms with E-state index < -0.39 is 0 Å². The van der Waals surface area contributed by atoms with Crippen molar-refractivity contribution < 1.29 is 4.74 Å². The molecule has 0 amide bonds. The van der Waals surface area contributed by atoms with Crippen molar-refractivity contribution in [3.63, 3.8) is 0 Å². The first-order valence-electron chi connectivity index (χ1n) is 7.65. The second-order valence-electron chi connectivity index (χ2n) is 5.83. The van der Waals surface area contributed by atoms with Gasteiger partial charge in [-0.25, -0.2) is 0 Å². The van der Waals surface area contributed by atoms with Gasteiger partial charge in [-0.15, -0.1) is 0 Å². The van der Waals surface area contributed by atoms with E-state index in [1.54, 1.807) is 7.11 Å². The topological polar surface area (TPSA) is 24.5 Å². The lowest BCUT2D eigenvalue weighted by atomic mass is 9.87. The summed E-state index contributed by atoms with van der Waals surface area (Å²) in [6.45, 7) is 11.2. The van der Waals surface area contributed by atoms with Crippen LogP contribution in [0.5, 0.6) is 5.75 Å². The minimum Gasteiger partial charge on any atom is -0.496 e. The summed E-state index contributed by atoms with van der Waals surface area (Å²) >= 11 is 3.56. The van der Waals surface area contributed by atoms with Crippen LogP contribution in [0.4, 0.5) is 0 Å². The van der Waals surface area contributed by atoms with E-state index in [0.717, 1.165) is 29.7 Å². The molecule has 0 saturated carbocycles. The molecule has 0 spiro atoms. The van der Waals surface area contributed by atoms with Gasteiger partial charge in [-0.1, -0.05) is 29.8 Å². The molecule has 0 aromatic heterocycles. The van der Waals surface area contributed by atoms with Gasteiger partial charge in [0.2, 0.25) is 0 Å². The van der Waals surface area contributed by atoms with Crippen LogP contribution in [0.2, 0.25) is 0 Å². The second-order valence-corrected chi connectivity index (χ2v) is 6.74. The first-order chi connectivity index (χ1) is 9.90. The molecule has 1 aromatic carbocycles. The SMILES string of the molecule is CCN(CC)C(C)(C)C(Cc1cc(Br)ccc1OC)NC. The maximum absolute atomic E-state index is 5.51. The molecule has 0 aliphatic carbocycles. The number of nitrogens with zero attached hydrogens (tertiary/aromatic N) is 1. The zero-order valence-corrected chi connectivity index (χ0v) is 15.8. The lowest BCUT2D eigenvalue weighted by Crippen LogP contribution is -2.57. The summed E-state index contributed by atoms with van der Waals surface area (Å²) in [6.07, 6.45) is 0.933. The Morgan fingerprint density at radius 2 is 1.90 bits per heavy atom. The van der Waals surface area contributed by atoms with Crippen LogP contribution in [0.3, 0.4) is 0 Å². The summed E-state index contributed by atoms with van der Waals surface area (Å²) in [4.78, 5) is 2.50. The minimum atomic E-state index is 0.0750. The Balaban J connectivity index is 3.04. The first-order valence-corrected chi connectivity index (χ1v) is 8.44. The Kier molecular flexibility index (Phi) is 7.17. The van der Waals surface area contributed by atoms with Gasteiger partial charge in [0.1, 0.15) is 5.75 Å². The summed E-state index contributed by atoms with van der Waals surface area (Å²) in [5.41, 5.74) is 1.30. The number of likely N-dealkylation sites (N-methyl/N-ethyl adjacent to an activating group) is 2. The molecule has 0 radical (unpaired) electrons. The number of methoxy groups -OCH3 is 1. The van der Waals surface area contributed by atoms with Gasteiger partial charge < -0.3 is 10.1 Å². The van der Waals surface area contributed by atoms with Crippen molar-refractivity contribution >= 4 is 15.9 Å². The summed E-state index contributed by atoms with van der Waals surface area (Å²) in [5.74, 6) is 0.953. The molecule has 21 heavy (non-hydrogen) atoms. The van der Waals surface area contributed by atoms with Crippen LogP contribution >= 0.6 is 15.9 Å². The smallest absolute Gasteiger partial charge is 0.122 e. The molecule has 0 saturated heterocycles. The summed E-state index contributed by atoms with van der Waals surface area (Å²) in [5, 5.41) is 3.50. The minimum absolute atomic E-state index is 0.0750. The highest BCUT2D eigenvalue weighted by Gasteiger charge is 2.33. The number of hydrogen-bond acceptors (Lipinski definition) is 3. The van der Waals surface area contributed by atoms with E-state index in [1.807, 2.05) is 19.2 Å². The molecule has 1 rings (SSSR count). The number of halogens is 1. The van der Waals surface area contributed by atoms with Crippen molar-refractivity contribution in [2.75, 3.05) is 27.2 Å². The Morgan fingerprint density at radius 1 is 1.29 bits per heavy atom. The predicted molar refractivity (Wildman–Crippen MR) is 94.2 cm³/mol. The molecule has 1 N–H and O–H groups in total. The van der Waals surface area contributed by atoms with Gasteiger partial charge in [-0.3, -0.25) is 4.90 Å². The summed E-state index contributed by atoms with van der Waals surface area (Å²) in [7, 11) is 3.77. The molecular formula is C17H29BrN2O. The third kappa shape index (κ3) is 4.44. The van der Waals surface area contributed by atoms with Crippen LogP contribution in [0.25, 0.3) is 0 Å². The van der Waals surface area contributed by atoms with Crippen LogP contribution in [0.1, 0.15) is 33.3 Å². The highest BCUT2D eigenvalue weighted by molar-refractivity contribution is 9.10. The Bertz CT molecular complexity index is 444. The molecule has 0 fully saturated rings. The zero-order chi connectivity index (χ0) is 16.0. The van der Waals surface area contributed by atoms with E-state index in [4.69, 9.17) is 4.74 Å². The number of nitrogens with one attached hydrogen (secondary N) is 1. The average Bonchev–Trinajstić information content (AvgIpc) is 2.45. The molecule has 1 aromatic rings. The lowest BCUT2D eigenvalue weighted by Gasteiger charge is -2.43. The number of ether oxygens (including phenoxy) is 1. The van der Waals surface area contributed by atoms with Crippen molar-refractivity contribution in [3.05, 3.63) is 28.2 Å². The van der Waals surface area contributed by atoms with E-state index in [1.165, 1.54) is 5.56 Å². The van der Waals surface area contributed by atoms with Crippen LogP contribution in [-0.2, 0) is 6.42 Å². The van der Waals surface area contributed by atoms with E-state index in [0.29, 0.717) is 6.04 Å². The predicted octanol–water partition coefficient (Wildman–Crippen LogP) is 3.71. The van der Waals surface area contributed by atoms with Gasteiger partial charge in [0, 0.05) is 16.1 Å². The fourth-order valence-corrected chi connectivity index (χ4v) is 3.50. The van der Waals surface area contributed by atoms with Crippen molar-refractivity contribution in [3.8, 4) is 5.75 Å². The highest BCUT2D eigenvalue weighted by atomic mass is 79.9. The van der Waals surface area contributed by atoms with Gasteiger partial charge in [-0.05, 0) is 64.2 Å². The average molecular weight is 357 g/mol.